The van der Waals surface area contributed by atoms with Crippen LogP contribution in [0.5, 0.6) is 0 Å². The van der Waals surface area contributed by atoms with Gasteiger partial charge in [0.05, 0.1) is 4.90 Å². The van der Waals surface area contributed by atoms with Gasteiger partial charge in [0.15, 0.2) is 0 Å². The highest BCUT2D eigenvalue weighted by molar-refractivity contribution is 7.98. The van der Waals surface area contributed by atoms with Crippen LogP contribution in [0.2, 0.25) is 0 Å². The molecule has 0 saturated carbocycles. The lowest BCUT2D eigenvalue weighted by molar-refractivity contribution is 0.562. The third-order valence-corrected chi connectivity index (χ3v) is 4.57. The fourth-order valence-corrected chi connectivity index (χ4v) is 3.27. The molecule has 96 valence electrons. The van der Waals surface area contributed by atoms with E-state index in [0.717, 1.165) is 5.75 Å². The number of hydrogen-bond acceptors (Lipinski definition) is 4. The molecule has 4 nitrogen and oxygen atoms in total. The molecule has 0 heterocycles. The molecule has 1 aromatic carbocycles. The summed E-state index contributed by atoms with van der Waals surface area (Å²) in [6.07, 6.45) is 2.00. The lowest BCUT2D eigenvalue weighted by atomic mass is 10.2. The third-order valence-electron chi connectivity index (χ3n) is 2.24. The van der Waals surface area contributed by atoms with E-state index in [1.54, 1.807) is 23.9 Å². The van der Waals surface area contributed by atoms with Gasteiger partial charge >= 0.3 is 0 Å². The van der Waals surface area contributed by atoms with E-state index in [0.29, 0.717) is 18.2 Å². The first kappa shape index (κ1) is 14.3. The molecule has 0 amide bonds. The molecule has 0 aliphatic rings. The van der Waals surface area contributed by atoms with E-state index in [4.69, 9.17) is 5.73 Å². The largest absolute Gasteiger partial charge is 0.399 e. The van der Waals surface area contributed by atoms with E-state index in [2.05, 4.69) is 4.72 Å². The summed E-state index contributed by atoms with van der Waals surface area (Å²) < 4.78 is 26.4. The fourth-order valence-electron chi connectivity index (χ4n) is 1.36. The zero-order valence-electron chi connectivity index (χ0n) is 10.0. The maximum absolute atomic E-state index is 11.9. The molecule has 0 aliphatic heterocycles. The van der Waals surface area contributed by atoms with Gasteiger partial charge in [0.25, 0.3) is 0 Å². The Morgan fingerprint density at radius 1 is 1.47 bits per heavy atom. The van der Waals surface area contributed by atoms with E-state index < -0.39 is 10.0 Å². The SMILES string of the molecule is CSCC(C)CNS(=O)(=O)c1cccc(N)c1. The zero-order chi connectivity index (χ0) is 12.9. The summed E-state index contributed by atoms with van der Waals surface area (Å²) in [6.45, 7) is 2.45. The monoisotopic (exact) mass is 274 g/mol. The zero-order valence-corrected chi connectivity index (χ0v) is 11.6. The molecule has 0 saturated heterocycles. The molecule has 17 heavy (non-hydrogen) atoms. The molecule has 0 aliphatic carbocycles. The Bertz CT molecular complexity index is 460. The third kappa shape index (κ3) is 4.57. The van der Waals surface area contributed by atoms with Gasteiger partial charge in [0.2, 0.25) is 10.0 Å². The van der Waals surface area contributed by atoms with Gasteiger partial charge in [-0.2, -0.15) is 11.8 Å². The lowest BCUT2D eigenvalue weighted by Crippen LogP contribution is -2.29. The minimum atomic E-state index is -3.44. The highest BCUT2D eigenvalue weighted by Gasteiger charge is 2.14. The van der Waals surface area contributed by atoms with Crippen LogP contribution >= 0.6 is 11.8 Å². The molecular formula is C11H18N2O2S2. The van der Waals surface area contributed by atoms with Gasteiger partial charge in [-0.15, -0.1) is 0 Å². The van der Waals surface area contributed by atoms with Gasteiger partial charge in [0, 0.05) is 12.2 Å². The van der Waals surface area contributed by atoms with Crippen molar-refractivity contribution < 1.29 is 8.42 Å². The molecule has 0 radical (unpaired) electrons. The summed E-state index contributed by atoms with van der Waals surface area (Å²) in [5.74, 6) is 1.24. The predicted octanol–water partition coefficient (Wildman–Crippen LogP) is 1.55. The molecule has 0 aromatic heterocycles. The van der Waals surface area contributed by atoms with Crippen molar-refractivity contribution in [1.29, 1.82) is 0 Å². The minimum absolute atomic E-state index is 0.217. The summed E-state index contributed by atoms with van der Waals surface area (Å²) in [4.78, 5) is 0.217. The quantitative estimate of drug-likeness (QED) is 0.772. The second-order valence-corrected chi connectivity index (χ2v) is 6.66. The van der Waals surface area contributed by atoms with Crippen molar-refractivity contribution in [2.24, 2.45) is 5.92 Å². The number of rotatable bonds is 6. The summed E-state index contributed by atoms with van der Waals surface area (Å²) in [5.41, 5.74) is 6.01. The summed E-state index contributed by atoms with van der Waals surface area (Å²) in [6, 6.07) is 6.30. The number of hydrogen-bond donors (Lipinski definition) is 2. The number of nitrogen functional groups attached to an aromatic ring is 1. The molecular weight excluding hydrogens is 256 g/mol. The van der Waals surface area contributed by atoms with Crippen LogP contribution in [-0.2, 0) is 10.0 Å². The summed E-state index contributed by atoms with van der Waals surface area (Å²) >= 11 is 1.70. The molecule has 0 bridgehead atoms. The van der Waals surface area contributed by atoms with Crippen LogP contribution in [0.15, 0.2) is 29.2 Å². The van der Waals surface area contributed by atoms with Gasteiger partial charge in [-0.1, -0.05) is 13.0 Å². The lowest BCUT2D eigenvalue weighted by Gasteiger charge is -2.11. The second-order valence-electron chi connectivity index (χ2n) is 3.98. The fraction of sp³-hybridized carbons (Fsp3) is 0.455. The number of nitrogens with two attached hydrogens (primary N) is 1. The van der Waals surface area contributed by atoms with Gasteiger partial charge in [-0.3, -0.25) is 0 Å². The molecule has 0 spiro atoms. The van der Waals surface area contributed by atoms with E-state index >= 15 is 0 Å². The number of benzene rings is 1. The molecule has 1 atom stereocenters. The molecule has 6 heteroatoms. The maximum Gasteiger partial charge on any atom is 0.240 e. The van der Waals surface area contributed by atoms with Crippen LogP contribution in [-0.4, -0.2) is 27.0 Å². The first-order valence-electron chi connectivity index (χ1n) is 5.30. The predicted molar refractivity (Wildman–Crippen MR) is 73.6 cm³/mol. The van der Waals surface area contributed by atoms with E-state index in [-0.39, 0.29) is 4.90 Å². The van der Waals surface area contributed by atoms with Crippen molar-refractivity contribution in [3.8, 4) is 0 Å². The summed E-state index contributed by atoms with van der Waals surface area (Å²) in [7, 11) is -3.44. The first-order chi connectivity index (χ1) is 7.95. The van der Waals surface area contributed by atoms with E-state index in [1.807, 2.05) is 13.2 Å². The molecule has 3 N–H and O–H groups in total. The van der Waals surface area contributed by atoms with Gasteiger partial charge in [-0.05, 0) is 36.1 Å². The highest BCUT2D eigenvalue weighted by Crippen LogP contribution is 2.13. The van der Waals surface area contributed by atoms with Crippen molar-refractivity contribution in [3.05, 3.63) is 24.3 Å². The van der Waals surface area contributed by atoms with Gasteiger partial charge in [0.1, 0.15) is 0 Å². The molecule has 1 rings (SSSR count). The van der Waals surface area contributed by atoms with Crippen LogP contribution in [0.1, 0.15) is 6.92 Å². The number of thioether (sulfide) groups is 1. The topological polar surface area (TPSA) is 72.2 Å². The van der Waals surface area contributed by atoms with Gasteiger partial charge in [-0.25, -0.2) is 13.1 Å². The van der Waals surface area contributed by atoms with Crippen molar-refractivity contribution in [2.75, 3.05) is 24.3 Å². The van der Waals surface area contributed by atoms with Crippen molar-refractivity contribution >= 4 is 27.5 Å². The van der Waals surface area contributed by atoms with Crippen LogP contribution < -0.4 is 10.5 Å². The highest BCUT2D eigenvalue weighted by atomic mass is 32.2. The Hall–Kier alpha value is -0.720. The number of nitrogens with one attached hydrogen (secondary N) is 1. The van der Waals surface area contributed by atoms with E-state index in [9.17, 15) is 8.42 Å². The Morgan fingerprint density at radius 2 is 2.18 bits per heavy atom. The van der Waals surface area contributed by atoms with E-state index in [1.165, 1.54) is 12.1 Å². The average molecular weight is 274 g/mol. The Kier molecular flexibility index (Phi) is 5.30. The van der Waals surface area contributed by atoms with Crippen molar-refractivity contribution in [1.82, 2.24) is 4.72 Å². The number of sulfonamides is 1. The van der Waals surface area contributed by atoms with Crippen LogP contribution in [0.4, 0.5) is 5.69 Å². The molecule has 0 fully saturated rings. The minimum Gasteiger partial charge on any atom is -0.399 e. The smallest absolute Gasteiger partial charge is 0.240 e. The maximum atomic E-state index is 11.9. The second kappa shape index (κ2) is 6.28. The molecule has 1 aromatic rings. The van der Waals surface area contributed by atoms with Crippen LogP contribution in [0.25, 0.3) is 0 Å². The van der Waals surface area contributed by atoms with Gasteiger partial charge < -0.3 is 5.73 Å². The van der Waals surface area contributed by atoms with Crippen LogP contribution in [0.3, 0.4) is 0 Å². The average Bonchev–Trinajstić information content (AvgIpc) is 2.27. The molecule has 1 unspecified atom stereocenters. The Balaban J connectivity index is 2.69. The number of anilines is 1. The standard InChI is InChI=1S/C11H18N2O2S2/c1-9(8-16-2)7-13-17(14,15)11-5-3-4-10(12)6-11/h3-6,9,13H,7-8,12H2,1-2H3. The Labute approximate surface area is 107 Å². The van der Waals surface area contributed by atoms with Crippen LogP contribution in [0, 0.1) is 5.92 Å². The normalized spacial score (nSPS) is 13.5. The summed E-state index contributed by atoms with van der Waals surface area (Å²) in [5, 5.41) is 0. The van der Waals surface area contributed by atoms with Crippen molar-refractivity contribution in [2.45, 2.75) is 11.8 Å². The first-order valence-corrected chi connectivity index (χ1v) is 8.17. The Morgan fingerprint density at radius 3 is 2.76 bits per heavy atom. The van der Waals surface area contributed by atoms with Crippen molar-refractivity contribution in [3.63, 3.8) is 0 Å².